The molecule has 0 amide bonds. The van der Waals surface area contributed by atoms with Gasteiger partial charge in [-0.1, -0.05) is 12.6 Å². The van der Waals surface area contributed by atoms with Gasteiger partial charge in [0.2, 0.25) is 5.88 Å². The van der Waals surface area contributed by atoms with Crippen LogP contribution >= 0.6 is 0 Å². The molecule has 5 heteroatoms. The smallest absolute Gasteiger partial charge is 0.388 e. The van der Waals surface area contributed by atoms with E-state index >= 15 is 0 Å². The second kappa shape index (κ2) is 4.55. The molecule has 0 N–H and O–H groups in total. The Kier molecular flexibility index (Phi) is 3.39. The zero-order chi connectivity index (χ0) is 10.6. The maximum Gasteiger partial charge on any atom is 0.388 e. The molecule has 0 aromatic carbocycles. The van der Waals surface area contributed by atoms with Crippen LogP contribution in [-0.2, 0) is 4.74 Å². The van der Waals surface area contributed by atoms with E-state index in [9.17, 15) is 8.78 Å². The van der Waals surface area contributed by atoms with Crippen LogP contribution in [0.5, 0.6) is 5.88 Å². The van der Waals surface area contributed by atoms with Crippen molar-refractivity contribution >= 4 is 5.76 Å². The van der Waals surface area contributed by atoms with Gasteiger partial charge in [-0.25, -0.2) is 4.98 Å². The predicted octanol–water partition coefficient (Wildman–Crippen LogP) is 2.30. The van der Waals surface area contributed by atoms with Gasteiger partial charge in [0.05, 0.1) is 7.11 Å². The number of hydrogen-bond acceptors (Lipinski definition) is 3. The first-order chi connectivity index (χ1) is 6.63. The summed E-state index contributed by atoms with van der Waals surface area (Å²) in [6.07, 6.45) is 0. The van der Waals surface area contributed by atoms with Crippen molar-refractivity contribution in [3.63, 3.8) is 0 Å². The SMILES string of the molecule is C=C(OC)c1cccc(OC(F)F)n1. The average Bonchev–Trinajstić information content (AvgIpc) is 2.16. The number of halogens is 2. The van der Waals surface area contributed by atoms with Gasteiger partial charge in [-0.15, -0.1) is 0 Å². The fourth-order valence-electron chi connectivity index (χ4n) is 0.832. The highest BCUT2D eigenvalue weighted by atomic mass is 19.3. The van der Waals surface area contributed by atoms with Crippen LogP contribution in [0.3, 0.4) is 0 Å². The molecule has 0 radical (unpaired) electrons. The first-order valence-electron chi connectivity index (χ1n) is 3.78. The molecule has 1 heterocycles. The second-order valence-electron chi connectivity index (χ2n) is 2.37. The maximum absolute atomic E-state index is 11.8. The molecule has 0 unspecified atom stereocenters. The summed E-state index contributed by atoms with van der Waals surface area (Å²) in [7, 11) is 1.42. The molecule has 3 nitrogen and oxygen atoms in total. The lowest BCUT2D eigenvalue weighted by molar-refractivity contribution is -0.0529. The molecule has 0 bridgehead atoms. The van der Waals surface area contributed by atoms with Crippen molar-refractivity contribution in [3.05, 3.63) is 30.5 Å². The molecule has 1 rings (SSSR count). The van der Waals surface area contributed by atoms with Crippen LogP contribution in [0.15, 0.2) is 24.8 Å². The van der Waals surface area contributed by atoms with Gasteiger partial charge in [0.25, 0.3) is 0 Å². The summed E-state index contributed by atoms with van der Waals surface area (Å²) in [5, 5.41) is 0. The summed E-state index contributed by atoms with van der Waals surface area (Å²) >= 11 is 0. The molecule has 1 aromatic rings. The second-order valence-corrected chi connectivity index (χ2v) is 2.37. The van der Waals surface area contributed by atoms with Gasteiger partial charge in [-0.3, -0.25) is 0 Å². The van der Waals surface area contributed by atoms with Crippen LogP contribution in [0, 0.1) is 0 Å². The number of aromatic nitrogens is 1. The van der Waals surface area contributed by atoms with Gasteiger partial charge in [0, 0.05) is 6.07 Å². The third-order valence-corrected chi connectivity index (χ3v) is 1.47. The Hall–Kier alpha value is -1.65. The van der Waals surface area contributed by atoms with Gasteiger partial charge in [-0.05, 0) is 6.07 Å². The number of rotatable bonds is 4. The molecular formula is C9H9F2NO2. The Balaban J connectivity index is 2.84. The maximum atomic E-state index is 11.8. The van der Waals surface area contributed by atoms with Crippen LogP contribution in [0.4, 0.5) is 8.78 Å². The third-order valence-electron chi connectivity index (χ3n) is 1.47. The predicted molar refractivity (Wildman–Crippen MR) is 46.9 cm³/mol. The zero-order valence-corrected chi connectivity index (χ0v) is 7.54. The molecule has 1 aromatic heterocycles. The van der Waals surface area contributed by atoms with Crippen molar-refractivity contribution < 1.29 is 18.3 Å². The van der Waals surface area contributed by atoms with Gasteiger partial charge in [-0.2, -0.15) is 8.78 Å². The van der Waals surface area contributed by atoms with E-state index in [0.717, 1.165) is 0 Å². The fourth-order valence-corrected chi connectivity index (χ4v) is 0.832. The molecule has 0 fully saturated rings. The Labute approximate surface area is 80.0 Å². The number of methoxy groups -OCH3 is 1. The van der Waals surface area contributed by atoms with Crippen LogP contribution in [0.25, 0.3) is 5.76 Å². The van der Waals surface area contributed by atoms with E-state index in [4.69, 9.17) is 4.74 Å². The number of pyridine rings is 1. The quantitative estimate of drug-likeness (QED) is 0.700. The molecule has 0 spiro atoms. The zero-order valence-electron chi connectivity index (χ0n) is 7.54. The number of alkyl halides is 2. The minimum absolute atomic E-state index is 0.157. The van der Waals surface area contributed by atoms with Gasteiger partial charge in [0.1, 0.15) is 11.5 Å². The number of nitrogens with zero attached hydrogens (tertiary/aromatic N) is 1. The highest BCUT2D eigenvalue weighted by Gasteiger charge is 2.07. The molecule has 0 aliphatic rings. The third kappa shape index (κ3) is 2.69. The Morgan fingerprint density at radius 1 is 1.50 bits per heavy atom. The summed E-state index contributed by atoms with van der Waals surface area (Å²) in [6, 6.07) is 4.45. The molecule has 0 aliphatic carbocycles. The lowest BCUT2D eigenvalue weighted by Crippen LogP contribution is -2.04. The van der Waals surface area contributed by atoms with Crippen LogP contribution in [0.2, 0.25) is 0 Å². The number of hydrogen-bond donors (Lipinski definition) is 0. The van der Waals surface area contributed by atoms with Crippen molar-refractivity contribution in [3.8, 4) is 5.88 Å². The van der Waals surface area contributed by atoms with Gasteiger partial charge >= 0.3 is 6.61 Å². The van der Waals surface area contributed by atoms with Crippen molar-refractivity contribution in [2.45, 2.75) is 6.61 Å². The van der Waals surface area contributed by atoms with Crippen LogP contribution < -0.4 is 4.74 Å². The van der Waals surface area contributed by atoms with E-state index in [1.54, 1.807) is 6.07 Å². The summed E-state index contributed by atoms with van der Waals surface area (Å²) in [6.45, 7) is 0.655. The van der Waals surface area contributed by atoms with Crippen molar-refractivity contribution in [2.24, 2.45) is 0 Å². The molecule has 0 aliphatic heterocycles. The van der Waals surface area contributed by atoms with Crippen LogP contribution in [0.1, 0.15) is 5.69 Å². The van der Waals surface area contributed by atoms with E-state index in [1.807, 2.05) is 0 Å². The Morgan fingerprint density at radius 3 is 2.79 bits per heavy atom. The first kappa shape index (κ1) is 10.4. The van der Waals surface area contributed by atoms with Gasteiger partial charge in [0.15, 0.2) is 0 Å². The molecule has 76 valence electrons. The van der Waals surface area contributed by atoms with Crippen molar-refractivity contribution in [1.29, 1.82) is 0 Å². The largest absolute Gasteiger partial charge is 0.495 e. The summed E-state index contributed by atoms with van der Waals surface area (Å²) < 4.78 is 32.5. The summed E-state index contributed by atoms with van der Waals surface area (Å²) in [5.74, 6) is 0.139. The van der Waals surface area contributed by atoms with Crippen molar-refractivity contribution in [2.75, 3.05) is 7.11 Å². The van der Waals surface area contributed by atoms with Crippen LogP contribution in [-0.4, -0.2) is 18.7 Å². The summed E-state index contributed by atoms with van der Waals surface area (Å²) in [5.41, 5.74) is 0.366. The molecule has 0 saturated heterocycles. The van der Waals surface area contributed by atoms with Gasteiger partial charge < -0.3 is 9.47 Å². The normalized spacial score (nSPS) is 10.0. The average molecular weight is 201 g/mol. The first-order valence-corrected chi connectivity index (χ1v) is 3.78. The monoisotopic (exact) mass is 201 g/mol. The Morgan fingerprint density at radius 2 is 2.21 bits per heavy atom. The highest BCUT2D eigenvalue weighted by molar-refractivity contribution is 5.53. The molecule has 0 atom stereocenters. The minimum atomic E-state index is -2.88. The molecule has 14 heavy (non-hydrogen) atoms. The standard InChI is InChI=1S/C9H9F2NO2/c1-6(13-2)7-4-3-5-8(12-7)14-9(10)11/h3-5,9H,1H2,2H3. The van der Waals surface area contributed by atoms with E-state index in [-0.39, 0.29) is 5.88 Å². The minimum Gasteiger partial charge on any atom is -0.495 e. The van der Waals surface area contributed by atoms with E-state index in [0.29, 0.717) is 11.5 Å². The summed E-state index contributed by atoms with van der Waals surface area (Å²) in [4.78, 5) is 3.76. The lowest BCUT2D eigenvalue weighted by atomic mass is 10.3. The molecular weight excluding hydrogens is 192 g/mol. The molecule has 0 saturated carbocycles. The Bertz CT molecular complexity index is 328. The topological polar surface area (TPSA) is 31.4 Å². The number of ether oxygens (including phenoxy) is 2. The lowest BCUT2D eigenvalue weighted by Gasteiger charge is -2.06. The van der Waals surface area contributed by atoms with E-state index < -0.39 is 6.61 Å². The van der Waals surface area contributed by atoms with E-state index in [1.165, 1.54) is 19.2 Å². The highest BCUT2D eigenvalue weighted by Crippen LogP contribution is 2.15. The van der Waals surface area contributed by atoms with Crippen molar-refractivity contribution in [1.82, 2.24) is 4.98 Å². The van der Waals surface area contributed by atoms with E-state index in [2.05, 4.69) is 16.3 Å². The fraction of sp³-hybridized carbons (Fsp3) is 0.222.